The number of amides is 2. The van der Waals surface area contributed by atoms with Crippen LogP contribution in [0.4, 0.5) is 0 Å². The van der Waals surface area contributed by atoms with Gasteiger partial charge in [-0.3, -0.25) is 14.5 Å². The monoisotopic (exact) mass is 442 g/mol. The van der Waals surface area contributed by atoms with Crippen LogP contribution in [-0.4, -0.2) is 60.5 Å². The van der Waals surface area contributed by atoms with Gasteiger partial charge >= 0.3 is 0 Å². The van der Waals surface area contributed by atoms with Crippen LogP contribution in [0.2, 0.25) is 5.02 Å². The standard InChI is InChI=1S/C25H31ClN2O3/c26-21-10-8-19(9-11-21)20-12-16-27(17-13-20)14-4-1-5-15-28-24(29)18-31-23-7-3-2-6-22(23)25(28)30/h2-3,6-11,20,22-23H,1,4-5,12-18H2. The molecule has 0 radical (unpaired) electrons. The van der Waals surface area contributed by atoms with E-state index in [0.717, 1.165) is 43.9 Å². The first-order valence-corrected chi connectivity index (χ1v) is 11.8. The van der Waals surface area contributed by atoms with Gasteiger partial charge in [-0.25, -0.2) is 0 Å². The van der Waals surface area contributed by atoms with Crippen molar-refractivity contribution in [2.45, 2.75) is 44.1 Å². The molecule has 5 nitrogen and oxygen atoms in total. The van der Waals surface area contributed by atoms with Gasteiger partial charge < -0.3 is 9.64 Å². The Kier molecular flexibility index (Phi) is 7.59. The number of unbranched alkanes of at least 4 members (excludes halogenated alkanes) is 2. The summed E-state index contributed by atoms with van der Waals surface area (Å²) in [5.41, 5.74) is 1.39. The van der Waals surface area contributed by atoms with Crippen molar-refractivity contribution < 1.29 is 14.3 Å². The van der Waals surface area contributed by atoms with Gasteiger partial charge in [0.25, 0.3) is 5.91 Å². The summed E-state index contributed by atoms with van der Waals surface area (Å²) in [5, 5.41) is 0.796. The number of benzene rings is 1. The number of carbonyl (C=O) groups is 2. The van der Waals surface area contributed by atoms with E-state index < -0.39 is 0 Å². The van der Waals surface area contributed by atoms with Crippen molar-refractivity contribution in [1.82, 2.24) is 9.80 Å². The van der Waals surface area contributed by atoms with Gasteiger partial charge in [0.05, 0.1) is 12.0 Å². The molecule has 2 unspecified atom stereocenters. The number of hydrogen-bond acceptors (Lipinski definition) is 4. The first-order valence-electron chi connectivity index (χ1n) is 11.4. The molecule has 2 heterocycles. The molecule has 0 spiro atoms. The maximum absolute atomic E-state index is 12.8. The smallest absolute Gasteiger partial charge is 0.255 e. The molecule has 166 valence electrons. The van der Waals surface area contributed by atoms with Crippen LogP contribution in [0.25, 0.3) is 0 Å². The van der Waals surface area contributed by atoms with Gasteiger partial charge in [-0.1, -0.05) is 54.5 Å². The lowest BCUT2D eigenvalue weighted by atomic mass is 9.89. The Hall–Kier alpha value is -1.95. The van der Waals surface area contributed by atoms with E-state index in [4.69, 9.17) is 16.3 Å². The fraction of sp³-hybridized carbons (Fsp3) is 0.520. The molecule has 3 aliphatic rings. The first-order chi connectivity index (χ1) is 15.1. The summed E-state index contributed by atoms with van der Waals surface area (Å²) in [7, 11) is 0. The van der Waals surface area contributed by atoms with Crippen molar-refractivity contribution in [1.29, 1.82) is 0 Å². The lowest BCUT2D eigenvalue weighted by Gasteiger charge is -2.32. The van der Waals surface area contributed by atoms with E-state index in [-0.39, 0.29) is 30.4 Å². The zero-order valence-electron chi connectivity index (χ0n) is 17.9. The van der Waals surface area contributed by atoms with E-state index in [1.165, 1.54) is 23.3 Å². The molecule has 0 bridgehead atoms. The van der Waals surface area contributed by atoms with Crippen LogP contribution in [0.5, 0.6) is 0 Å². The quantitative estimate of drug-likeness (QED) is 0.469. The minimum atomic E-state index is -0.376. The molecule has 2 saturated heterocycles. The Morgan fingerprint density at radius 2 is 1.65 bits per heavy atom. The van der Waals surface area contributed by atoms with Crippen molar-refractivity contribution in [3.8, 4) is 0 Å². The van der Waals surface area contributed by atoms with Crippen LogP contribution in [0, 0.1) is 5.92 Å². The summed E-state index contributed by atoms with van der Waals surface area (Å²) in [6.07, 6.45) is 12.4. The highest BCUT2D eigenvalue weighted by Gasteiger charge is 2.36. The molecule has 1 aliphatic carbocycles. The minimum absolute atomic E-state index is 0.0202. The number of allylic oxidation sites excluding steroid dienone is 2. The topological polar surface area (TPSA) is 49.9 Å². The largest absolute Gasteiger partial charge is 0.363 e. The Balaban J connectivity index is 1.16. The Morgan fingerprint density at radius 3 is 2.42 bits per heavy atom. The number of nitrogens with zero attached hydrogens (tertiary/aromatic N) is 2. The van der Waals surface area contributed by atoms with Crippen LogP contribution in [0.3, 0.4) is 0 Å². The molecular weight excluding hydrogens is 412 g/mol. The maximum Gasteiger partial charge on any atom is 0.255 e. The molecule has 2 fully saturated rings. The van der Waals surface area contributed by atoms with E-state index in [0.29, 0.717) is 12.5 Å². The highest BCUT2D eigenvalue weighted by atomic mass is 35.5. The third-order valence-corrected chi connectivity index (χ3v) is 6.87. The third-order valence-electron chi connectivity index (χ3n) is 6.62. The SMILES string of the molecule is O=C1COC2C=CC=CC2C(=O)N1CCCCCN1CCC(c2ccc(Cl)cc2)CC1. The molecule has 0 aromatic heterocycles. The predicted octanol–water partition coefficient (Wildman–Crippen LogP) is 4.19. The van der Waals surface area contributed by atoms with Crippen LogP contribution < -0.4 is 0 Å². The Morgan fingerprint density at radius 1 is 0.935 bits per heavy atom. The van der Waals surface area contributed by atoms with Gasteiger partial charge in [0.1, 0.15) is 6.61 Å². The lowest BCUT2D eigenvalue weighted by Crippen LogP contribution is -2.41. The molecule has 31 heavy (non-hydrogen) atoms. The van der Waals surface area contributed by atoms with Crippen molar-refractivity contribution in [2.75, 3.05) is 32.8 Å². The van der Waals surface area contributed by atoms with Crippen molar-refractivity contribution in [2.24, 2.45) is 5.92 Å². The normalized spacial score (nSPS) is 25.0. The zero-order valence-corrected chi connectivity index (χ0v) is 18.7. The molecule has 1 aromatic carbocycles. The maximum atomic E-state index is 12.8. The van der Waals surface area contributed by atoms with Crippen molar-refractivity contribution in [3.05, 3.63) is 59.2 Å². The van der Waals surface area contributed by atoms with Gasteiger partial charge in [-0.2, -0.15) is 0 Å². The van der Waals surface area contributed by atoms with E-state index in [1.54, 1.807) is 0 Å². The molecule has 2 amide bonds. The van der Waals surface area contributed by atoms with E-state index in [2.05, 4.69) is 17.0 Å². The van der Waals surface area contributed by atoms with Crippen LogP contribution >= 0.6 is 11.6 Å². The highest BCUT2D eigenvalue weighted by molar-refractivity contribution is 6.30. The van der Waals surface area contributed by atoms with Crippen LogP contribution in [0.15, 0.2) is 48.6 Å². The number of likely N-dealkylation sites (tertiary alicyclic amines) is 1. The molecule has 6 heteroatoms. The second-order valence-electron chi connectivity index (χ2n) is 8.68. The molecule has 0 saturated carbocycles. The molecule has 4 rings (SSSR count). The van der Waals surface area contributed by atoms with Crippen LogP contribution in [0.1, 0.15) is 43.6 Å². The van der Waals surface area contributed by atoms with Gasteiger partial charge in [0.2, 0.25) is 5.91 Å². The van der Waals surface area contributed by atoms with Gasteiger partial charge in [-0.05, 0) is 68.9 Å². The fourth-order valence-electron chi connectivity index (χ4n) is 4.76. The average molecular weight is 443 g/mol. The van der Waals surface area contributed by atoms with Crippen molar-refractivity contribution >= 4 is 23.4 Å². The highest BCUT2D eigenvalue weighted by Crippen LogP contribution is 2.29. The second kappa shape index (κ2) is 10.6. The number of carbonyl (C=O) groups excluding carboxylic acids is 2. The minimum Gasteiger partial charge on any atom is -0.363 e. The lowest BCUT2D eigenvalue weighted by molar-refractivity contribution is -0.145. The number of fused-ring (bicyclic) bond motifs is 1. The van der Waals surface area contributed by atoms with E-state index in [1.807, 2.05) is 36.4 Å². The molecule has 2 atom stereocenters. The summed E-state index contributed by atoms with van der Waals surface area (Å²) in [4.78, 5) is 29.1. The summed E-state index contributed by atoms with van der Waals surface area (Å²) in [6, 6.07) is 8.27. The van der Waals surface area contributed by atoms with E-state index >= 15 is 0 Å². The van der Waals surface area contributed by atoms with Gasteiger partial charge in [-0.15, -0.1) is 0 Å². The number of halogens is 1. The Labute approximate surface area is 189 Å². The third kappa shape index (κ3) is 5.65. The summed E-state index contributed by atoms with van der Waals surface area (Å²) < 4.78 is 5.61. The summed E-state index contributed by atoms with van der Waals surface area (Å²) in [5.74, 6) is -0.0930. The molecule has 0 N–H and O–H groups in total. The molecule has 2 aliphatic heterocycles. The molecular formula is C25H31ClN2O3. The van der Waals surface area contributed by atoms with Gasteiger partial charge in [0.15, 0.2) is 0 Å². The first kappa shape index (κ1) is 22.3. The number of ether oxygens (including phenoxy) is 1. The van der Waals surface area contributed by atoms with E-state index in [9.17, 15) is 9.59 Å². The number of rotatable bonds is 7. The van der Waals surface area contributed by atoms with Crippen molar-refractivity contribution in [3.63, 3.8) is 0 Å². The number of imide groups is 1. The number of hydrogen-bond donors (Lipinski definition) is 0. The van der Waals surface area contributed by atoms with Crippen LogP contribution in [-0.2, 0) is 14.3 Å². The Bertz CT molecular complexity index is 828. The zero-order chi connectivity index (χ0) is 21.6. The second-order valence-corrected chi connectivity index (χ2v) is 9.12. The van der Waals surface area contributed by atoms with Gasteiger partial charge in [0, 0.05) is 11.6 Å². The fourth-order valence-corrected chi connectivity index (χ4v) is 4.88. The summed E-state index contributed by atoms with van der Waals surface area (Å²) >= 11 is 6.00. The molecule has 1 aromatic rings. The summed E-state index contributed by atoms with van der Waals surface area (Å²) in [6.45, 7) is 3.79. The number of piperidine rings is 1. The average Bonchev–Trinajstić information content (AvgIpc) is 2.91. The predicted molar refractivity (Wildman–Crippen MR) is 122 cm³/mol.